The third-order valence-corrected chi connectivity index (χ3v) is 5.59. The van der Waals surface area contributed by atoms with Crippen molar-refractivity contribution in [3.63, 3.8) is 0 Å². The summed E-state index contributed by atoms with van der Waals surface area (Å²) >= 11 is 0. The summed E-state index contributed by atoms with van der Waals surface area (Å²) in [5.74, 6) is -0.451. The number of allylic oxidation sites excluding steroid dienone is 1. The summed E-state index contributed by atoms with van der Waals surface area (Å²) in [4.78, 5) is 12.5. The maximum atomic E-state index is 13.0. The Morgan fingerprint density at radius 2 is 1.66 bits per heavy atom. The highest BCUT2D eigenvalue weighted by atomic mass is 32.2. The number of rotatable bonds is 4. The number of hydrogen-bond acceptors (Lipinski definition) is 5. The quantitative estimate of drug-likeness (QED) is 0.467. The fourth-order valence-corrected chi connectivity index (χ4v) is 3.73. The van der Waals surface area contributed by atoms with E-state index in [1.54, 1.807) is 12.1 Å². The van der Waals surface area contributed by atoms with E-state index in [1.807, 2.05) is 6.92 Å². The maximum absolute atomic E-state index is 13.0. The molecule has 0 saturated carbocycles. The minimum atomic E-state index is -4.02. The highest BCUT2D eigenvalue weighted by molar-refractivity contribution is 7.87. The molecule has 0 radical (unpaired) electrons. The van der Waals surface area contributed by atoms with Crippen molar-refractivity contribution in [2.45, 2.75) is 11.8 Å². The molecule has 0 bridgehead atoms. The molecule has 0 atom stereocenters. The van der Waals surface area contributed by atoms with E-state index < -0.39 is 10.1 Å². The number of fused-ring (bicyclic) bond motifs is 1. The SMILES string of the molecule is Cc1ccc(S(=O)(=O)Oc2ccc3c(c2)OC(=Cc2ccc(F)cc2)C3=O)cc1. The Hall–Kier alpha value is -3.45. The second kappa shape index (κ2) is 7.18. The molecule has 0 spiro atoms. The number of hydrogen-bond donors (Lipinski definition) is 0. The van der Waals surface area contributed by atoms with Crippen molar-refractivity contribution in [1.82, 2.24) is 0 Å². The van der Waals surface area contributed by atoms with Crippen LogP contribution in [-0.4, -0.2) is 14.2 Å². The molecule has 1 heterocycles. The normalized spacial score (nSPS) is 14.6. The van der Waals surface area contributed by atoms with Crippen LogP contribution in [0.4, 0.5) is 4.39 Å². The molecule has 0 saturated heterocycles. The minimum absolute atomic E-state index is 0.0255. The second-order valence-electron chi connectivity index (χ2n) is 6.50. The van der Waals surface area contributed by atoms with Crippen LogP contribution in [0.2, 0.25) is 0 Å². The van der Waals surface area contributed by atoms with E-state index in [4.69, 9.17) is 8.92 Å². The van der Waals surface area contributed by atoms with Crippen molar-refractivity contribution in [2.75, 3.05) is 0 Å². The number of halogens is 1. The van der Waals surface area contributed by atoms with Gasteiger partial charge >= 0.3 is 10.1 Å². The minimum Gasteiger partial charge on any atom is -0.452 e. The van der Waals surface area contributed by atoms with Gasteiger partial charge in [-0.1, -0.05) is 29.8 Å². The van der Waals surface area contributed by atoms with Crippen molar-refractivity contribution in [3.05, 3.63) is 95.0 Å². The molecule has 1 aliphatic rings. The summed E-state index contributed by atoms with van der Waals surface area (Å²) in [6.07, 6.45) is 1.49. The first-order valence-electron chi connectivity index (χ1n) is 8.67. The Kier molecular flexibility index (Phi) is 4.68. The Bertz CT molecular complexity index is 1230. The van der Waals surface area contributed by atoms with Gasteiger partial charge in [0.25, 0.3) is 0 Å². The van der Waals surface area contributed by atoms with E-state index in [9.17, 15) is 17.6 Å². The molecule has 0 aliphatic carbocycles. The van der Waals surface area contributed by atoms with Crippen LogP contribution in [0.15, 0.2) is 77.4 Å². The van der Waals surface area contributed by atoms with Gasteiger partial charge in [0, 0.05) is 6.07 Å². The first-order chi connectivity index (χ1) is 13.8. The average molecular weight is 410 g/mol. The van der Waals surface area contributed by atoms with Crippen molar-refractivity contribution in [1.29, 1.82) is 0 Å². The van der Waals surface area contributed by atoms with E-state index in [-0.39, 0.29) is 33.8 Å². The number of benzene rings is 3. The summed E-state index contributed by atoms with van der Waals surface area (Å²) in [5.41, 5.74) is 1.81. The van der Waals surface area contributed by atoms with Gasteiger partial charge in [-0.05, 0) is 55.0 Å². The third kappa shape index (κ3) is 3.90. The van der Waals surface area contributed by atoms with Gasteiger partial charge in [0.2, 0.25) is 5.78 Å². The smallest absolute Gasteiger partial charge is 0.339 e. The number of aryl methyl sites for hydroxylation is 1. The molecule has 0 unspecified atom stereocenters. The molecule has 0 N–H and O–H groups in total. The standard InChI is InChI=1S/C22H15FO5S/c1-14-2-9-18(10-3-14)29(25,26)28-17-8-11-19-20(13-17)27-21(22(19)24)12-15-4-6-16(23)7-5-15/h2-13H,1H3. The van der Waals surface area contributed by atoms with Gasteiger partial charge in [-0.3, -0.25) is 4.79 Å². The van der Waals surface area contributed by atoms with Gasteiger partial charge in [0.15, 0.2) is 5.76 Å². The molecule has 1 aliphatic heterocycles. The van der Waals surface area contributed by atoms with Crippen molar-refractivity contribution < 1.29 is 26.5 Å². The van der Waals surface area contributed by atoms with E-state index in [2.05, 4.69) is 0 Å². The number of Topliss-reactive ketones (excluding diaryl/α,β-unsaturated/α-hetero) is 1. The van der Waals surface area contributed by atoms with Gasteiger partial charge in [0.05, 0.1) is 5.56 Å². The Morgan fingerprint density at radius 1 is 0.966 bits per heavy atom. The molecule has 0 amide bonds. The lowest BCUT2D eigenvalue weighted by Crippen LogP contribution is -2.09. The van der Waals surface area contributed by atoms with Crippen LogP contribution in [0.1, 0.15) is 21.5 Å². The zero-order chi connectivity index (χ0) is 20.6. The molecule has 3 aromatic rings. The average Bonchev–Trinajstić information content (AvgIpc) is 2.98. The van der Waals surface area contributed by atoms with Crippen LogP contribution < -0.4 is 8.92 Å². The molecule has 0 aromatic heterocycles. The number of carbonyl (C=O) groups is 1. The van der Waals surface area contributed by atoms with E-state index in [0.29, 0.717) is 11.1 Å². The molecule has 0 fully saturated rings. The van der Waals surface area contributed by atoms with E-state index in [0.717, 1.165) is 5.56 Å². The van der Waals surface area contributed by atoms with Crippen LogP contribution in [0.3, 0.4) is 0 Å². The van der Waals surface area contributed by atoms with E-state index >= 15 is 0 Å². The number of ether oxygens (including phenoxy) is 1. The van der Waals surface area contributed by atoms with Gasteiger partial charge in [-0.2, -0.15) is 8.42 Å². The highest BCUT2D eigenvalue weighted by Crippen LogP contribution is 2.35. The molecular weight excluding hydrogens is 395 g/mol. The first kappa shape index (κ1) is 18.9. The zero-order valence-corrected chi connectivity index (χ0v) is 16.1. The van der Waals surface area contributed by atoms with Gasteiger partial charge in [0.1, 0.15) is 22.2 Å². The van der Waals surface area contributed by atoms with Crippen LogP contribution in [0, 0.1) is 12.7 Å². The predicted octanol–water partition coefficient (Wildman–Crippen LogP) is 4.52. The molecule has 5 nitrogen and oxygen atoms in total. The molecule has 29 heavy (non-hydrogen) atoms. The fraction of sp³-hybridized carbons (Fsp3) is 0.0455. The monoisotopic (exact) mass is 410 g/mol. The van der Waals surface area contributed by atoms with Crippen molar-refractivity contribution in [2.24, 2.45) is 0 Å². The fourth-order valence-electron chi connectivity index (χ4n) is 2.81. The summed E-state index contributed by atoms with van der Waals surface area (Å²) in [6, 6.07) is 16.1. The highest BCUT2D eigenvalue weighted by Gasteiger charge is 2.28. The van der Waals surface area contributed by atoms with Crippen molar-refractivity contribution >= 4 is 22.0 Å². The van der Waals surface area contributed by atoms with Crippen LogP contribution in [0.25, 0.3) is 6.08 Å². The van der Waals surface area contributed by atoms with Crippen LogP contribution >= 0.6 is 0 Å². The van der Waals surface area contributed by atoms with E-state index in [1.165, 1.54) is 60.7 Å². The lowest BCUT2D eigenvalue weighted by atomic mass is 10.1. The lowest BCUT2D eigenvalue weighted by molar-refractivity contribution is 0.101. The Labute approximate surface area is 167 Å². The Morgan fingerprint density at radius 3 is 2.34 bits per heavy atom. The summed E-state index contributed by atoms with van der Waals surface area (Å²) in [6.45, 7) is 1.85. The van der Waals surface area contributed by atoms with Gasteiger partial charge < -0.3 is 8.92 Å². The molecule has 4 rings (SSSR count). The molecule has 3 aromatic carbocycles. The van der Waals surface area contributed by atoms with Crippen LogP contribution in [-0.2, 0) is 10.1 Å². The second-order valence-corrected chi connectivity index (χ2v) is 8.05. The molecule has 7 heteroatoms. The molecule has 146 valence electrons. The number of ketones is 1. The first-order valence-corrected chi connectivity index (χ1v) is 10.1. The Balaban J connectivity index is 1.59. The third-order valence-electron chi connectivity index (χ3n) is 4.32. The summed E-state index contributed by atoms with van der Waals surface area (Å²) in [7, 11) is -4.02. The summed E-state index contributed by atoms with van der Waals surface area (Å²) in [5, 5.41) is 0. The number of carbonyl (C=O) groups excluding carboxylic acids is 1. The topological polar surface area (TPSA) is 69.7 Å². The maximum Gasteiger partial charge on any atom is 0.339 e. The van der Waals surface area contributed by atoms with Gasteiger partial charge in [-0.25, -0.2) is 4.39 Å². The van der Waals surface area contributed by atoms with Crippen molar-refractivity contribution in [3.8, 4) is 11.5 Å². The van der Waals surface area contributed by atoms with Gasteiger partial charge in [-0.15, -0.1) is 0 Å². The largest absolute Gasteiger partial charge is 0.452 e. The van der Waals surface area contributed by atoms with Crippen LogP contribution in [0.5, 0.6) is 11.5 Å². The summed E-state index contributed by atoms with van der Waals surface area (Å²) < 4.78 is 48.7. The lowest BCUT2D eigenvalue weighted by Gasteiger charge is -2.08. The zero-order valence-electron chi connectivity index (χ0n) is 15.3. The predicted molar refractivity (Wildman–Crippen MR) is 105 cm³/mol. The molecular formula is C22H15FO5S.